The maximum absolute atomic E-state index is 12.3. The van der Waals surface area contributed by atoms with Crippen molar-refractivity contribution in [2.24, 2.45) is 0 Å². The zero-order chi connectivity index (χ0) is 19.2. The Morgan fingerprint density at radius 2 is 1.46 bits per heavy atom. The van der Waals surface area contributed by atoms with Gasteiger partial charge in [-0.05, 0) is 61.7 Å². The Morgan fingerprint density at radius 1 is 0.885 bits per heavy atom. The van der Waals surface area contributed by atoms with Gasteiger partial charge >= 0.3 is 0 Å². The maximum atomic E-state index is 12.3. The minimum absolute atomic E-state index is 0.0438. The zero-order valence-electron chi connectivity index (χ0n) is 15.7. The summed E-state index contributed by atoms with van der Waals surface area (Å²) in [6.07, 6.45) is 0.0438. The van der Waals surface area contributed by atoms with Gasteiger partial charge in [-0.2, -0.15) is 0 Å². The normalized spacial score (nSPS) is 11.8. The van der Waals surface area contributed by atoms with Crippen LogP contribution in [0.15, 0.2) is 53.4 Å². The summed E-state index contributed by atoms with van der Waals surface area (Å²) >= 11 is 0. The summed E-state index contributed by atoms with van der Waals surface area (Å²) in [7, 11) is -3.56. The molecular formula is C20H27NO4S. The average Bonchev–Trinajstić information content (AvgIpc) is 2.59. The number of hydrogen-bond donors (Lipinski definition) is 1. The van der Waals surface area contributed by atoms with Gasteiger partial charge in [0, 0.05) is 6.54 Å². The van der Waals surface area contributed by atoms with Crippen molar-refractivity contribution in [1.29, 1.82) is 0 Å². The van der Waals surface area contributed by atoms with Crippen LogP contribution in [0.25, 0.3) is 0 Å². The lowest BCUT2D eigenvalue weighted by atomic mass is 10.0. The van der Waals surface area contributed by atoms with Gasteiger partial charge < -0.3 is 9.47 Å². The summed E-state index contributed by atoms with van der Waals surface area (Å²) in [6.45, 7) is 8.55. The number of nitrogens with one attached hydrogen (secondary N) is 1. The van der Waals surface area contributed by atoms with Crippen LogP contribution in [0, 0.1) is 0 Å². The van der Waals surface area contributed by atoms with E-state index >= 15 is 0 Å². The van der Waals surface area contributed by atoms with Crippen molar-refractivity contribution in [3.8, 4) is 11.5 Å². The monoisotopic (exact) mass is 377 g/mol. The molecule has 0 spiro atoms. The van der Waals surface area contributed by atoms with Crippen LogP contribution in [-0.2, 0) is 10.0 Å². The van der Waals surface area contributed by atoms with Crippen LogP contribution in [0.2, 0.25) is 0 Å². The molecule has 0 atom stereocenters. The van der Waals surface area contributed by atoms with E-state index in [-0.39, 0.29) is 24.2 Å². The molecule has 0 aliphatic heterocycles. The van der Waals surface area contributed by atoms with Gasteiger partial charge in [-0.1, -0.05) is 26.0 Å². The molecule has 0 amide bonds. The third-order valence-corrected chi connectivity index (χ3v) is 5.19. The Bertz CT molecular complexity index is 782. The van der Waals surface area contributed by atoms with Gasteiger partial charge in [-0.25, -0.2) is 13.1 Å². The Morgan fingerprint density at radius 3 is 2.00 bits per heavy atom. The van der Waals surface area contributed by atoms with Crippen LogP contribution in [0.1, 0.15) is 39.2 Å². The van der Waals surface area contributed by atoms with E-state index in [1.807, 2.05) is 38.1 Å². The minimum atomic E-state index is -3.56. The van der Waals surface area contributed by atoms with Crippen molar-refractivity contribution in [3.63, 3.8) is 0 Å². The lowest BCUT2D eigenvalue weighted by Gasteiger charge is -2.11. The third kappa shape index (κ3) is 6.04. The second-order valence-corrected chi connectivity index (χ2v) is 8.37. The zero-order valence-corrected chi connectivity index (χ0v) is 16.5. The van der Waals surface area contributed by atoms with E-state index in [1.54, 1.807) is 12.1 Å². The van der Waals surface area contributed by atoms with Crippen molar-refractivity contribution in [2.75, 3.05) is 13.2 Å². The van der Waals surface area contributed by atoms with Gasteiger partial charge in [0.15, 0.2) is 0 Å². The molecule has 0 radical (unpaired) electrons. The van der Waals surface area contributed by atoms with Crippen LogP contribution >= 0.6 is 0 Å². The number of hydrogen-bond acceptors (Lipinski definition) is 4. The molecule has 0 aliphatic rings. The van der Waals surface area contributed by atoms with Crippen LogP contribution in [-0.4, -0.2) is 27.7 Å². The van der Waals surface area contributed by atoms with Crippen molar-refractivity contribution >= 4 is 10.0 Å². The Kier molecular flexibility index (Phi) is 7.06. The fourth-order valence-corrected chi connectivity index (χ4v) is 3.36. The standard InChI is InChI=1S/C20H27NO4S/c1-15(2)17-5-7-18(8-6-17)24-14-13-21-26(22,23)20-11-9-19(10-12-20)25-16(3)4/h5-12,15-16,21H,13-14H2,1-4H3. The third-order valence-electron chi connectivity index (χ3n) is 3.72. The van der Waals surface area contributed by atoms with E-state index in [0.717, 1.165) is 5.75 Å². The molecule has 5 nitrogen and oxygen atoms in total. The Hall–Kier alpha value is -2.05. The molecule has 26 heavy (non-hydrogen) atoms. The number of benzene rings is 2. The molecule has 0 aliphatic carbocycles. The summed E-state index contributed by atoms with van der Waals surface area (Å²) in [6, 6.07) is 14.2. The number of sulfonamides is 1. The molecule has 0 heterocycles. The maximum Gasteiger partial charge on any atom is 0.240 e. The molecule has 0 bridgehead atoms. The predicted molar refractivity (Wildman–Crippen MR) is 103 cm³/mol. The van der Waals surface area contributed by atoms with Crippen LogP contribution in [0.3, 0.4) is 0 Å². The summed E-state index contributed by atoms with van der Waals surface area (Å²) < 4.78 is 38.2. The fraction of sp³-hybridized carbons (Fsp3) is 0.400. The molecule has 6 heteroatoms. The number of rotatable bonds is 9. The molecular weight excluding hydrogens is 350 g/mol. The van der Waals surface area contributed by atoms with E-state index in [2.05, 4.69) is 18.6 Å². The molecule has 0 fully saturated rings. The van der Waals surface area contributed by atoms with E-state index < -0.39 is 10.0 Å². The van der Waals surface area contributed by atoms with E-state index in [0.29, 0.717) is 11.7 Å². The quantitative estimate of drug-likeness (QED) is 0.672. The van der Waals surface area contributed by atoms with E-state index in [9.17, 15) is 8.42 Å². The Balaban J connectivity index is 1.84. The average molecular weight is 378 g/mol. The molecule has 0 unspecified atom stereocenters. The van der Waals surface area contributed by atoms with Crippen LogP contribution in [0.5, 0.6) is 11.5 Å². The molecule has 142 valence electrons. The van der Waals surface area contributed by atoms with Crippen molar-refractivity contribution in [2.45, 2.75) is 44.6 Å². The van der Waals surface area contributed by atoms with Crippen LogP contribution in [0.4, 0.5) is 0 Å². The molecule has 0 aromatic heterocycles. The molecule has 0 saturated carbocycles. The van der Waals surface area contributed by atoms with E-state index in [1.165, 1.54) is 17.7 Å². The van der Waals surface area contributed by atoms with Gasteiger partial charge in [0.25, 0.3) is 0 Å². The first-order valence-electron chi connectivity index (χ1n) is 8.77. The highest BCUT2D eigenvalue weighted by Crippen LogP contribution is 2.19. The predicted octanol–water partition coefficient (Wildman–Crippen LogP) is 3.95. The SMILES string of the molecule is CC(C)Oc1ccc(S(=O)(=O)NCCOc2ccc(C(C)C)cc2)cc1. The highest BCUT2D eigenvalue weighted by Gasteiger charge is 2.13. The molecule has 0 saturated heterocycles. The Labute approximate surface area is 156 Å². The summed E-state index contributed by atoms with van der Waals surface area (Å²) in [5.74, 6) is 1.84. The van der Waals surface area contributed by atoms with Gasteiger partial charge in [0.05, 0.1) is 11.0 Å². The van der Waals surface area contributed by atoms with Crippen molar-refractivity contribution in [1.82, 2.24) is 4.72 Å². The smallest absolute Gasteiger partial charge is 0.240 e. The second-order valence-electron chi connectivity index (χ2n) is 6.61. The van der Waals surface area contributed by atoms with Crippen molar-refractivity contribution < 1.29 is 17.9 Å². The van der Waals surface area contributed by atoms with Gasteiger partial charge in [-0.15, -0.1) is 0 Å². The molecule has 1 N–H and O–H groups in total. The first-order valence-corrected chi connectivity index (χ1v) is 10.3. The highest BCUT2D eigenvalue weighted by molar-refractivity contribution is 7.89. The lowest BCUT2D eigenvalue weighted by Crippen LogP contribution is -2.28. The molecule has 2 rings (SSSR count). The minimum Gasteiger partial charge on any atom is -0.492 e. The lowest BCUT2D eigenvalue weighted by molar-refractivity contribution is 0.242. The first-order chi connectivity index (χ1) is 12.3. The summed E-state index contributed by atoms with van der Waals surface area (Å²) in [5, 5.41) is 0. The van der Waals surface area contributed by atoms with E-state index in [4.69, 9.17) is 9.47 Å². The first kappa shape index (κ1) is 20.3. The topological polar surface area (TPSA) is 64.6 Å². The van der Waals surface area contributed by atoms with Crippen LogP contribution < -0.4 is 14.2 Å². The number of ether oxygens (including phenoxy) is 2. The van der Waals surface area contributed by atoms with Gasteiger partial charge in [0.2, 0.25) is 10.0 Å². The summed E-state index contributed by atoms with van der Waals surface area (Å²) in [4.78, 5) is 0.204. The fourth-order valence-electron chi connectivity index (χ4n) is 2.35. The van der Waals surface area contributed by atoms with Gasteiger partial charge in [-0.3, -0.25) is 0 Å². The highest BCUT2D eigenvalue weighted by atomic mass is 32.2. The van der Waals surface area contributed by atoms with Crippen molar-refractivity contribution in [3.05, 3.63) is 54.1 Å². The molecule has 2 aromatic rings. The second kappa shape index (κ2) is 9.05. The van der Waals surface area contributed by atoms with Gasteiger partial charge in [0.1, 0.15) is 18.1 Å². The summed E-state index contributed by atoms with van der Waals surface area (Å²) in [5.41, 5.74) is 1.24. The molecule has 2 aromatic carbocycles. The largest absolute Gasteiger partial charge is 0.492 e.